The maximum atomic E-state index is 12.2. The van der Waals surface area contributed by atoms with Gasteiger partial charge in [-0.05, 0) is 24.1 Å². The van der Waals surface area contributed by atoms with Crippen molar-refractivity contribution in [1.82, 2.24) is 10.0 Å². The zero-order valence-corrected chi connectivity index (χ0v) is 15.9. The van der Waals surface area contributed by atoms with Crippen LogP contribution in [0.15, 0.2) is 34.2 Å². The molecule has 0 spiro atoms. The summed E-state index contributed by atoms with van der Waals surface area (Å²) in [5.41, 5.74) is 6.62. The molecule has 0 radical (unpaired) electrons. The summed E-state index contributed by atoms with van der Waals surface area (Å²) >= 11 is 0. The van der Waals surface area contributed by atoms with Gasteiger partial charge in [-0.1, -0.05) is 38.3 Å². The number of sulfonamides is 1. The summed E-state index contributed by atoms with van der Waals surface area (Å²) in [5.74, 6) is 0.378. The first kappa shape index (κ1) is 21.4. The second-order valence-electron chi connectivity index (χ2n) is 5.73. The number of ether oxygens (including phenoxy) is 1. The molecule has 0 saturated heterocycles. The molecule has 4 N–H and O–H groups in total. The summed E-state index contributed by atoms with van der Waals surface area (Å²) < 4.78 is 31.7. The lowest BCUT2D eigenvalue weighted by atomic mass is 10.2. The van der Waals surface area contributed by atoms with E-state index in [0.29, 0.717) is 19.1 Å². The SMILES string of the molecule is CCCCCCNC(N)=NCc1cccc(S(=O)(=O)NCCOC)c1. The van der Waals surface area contributed by atoms with Crippen LogP contribution in [0, 0.1) is 0 Å². The number of aliphatic imine (C=N–C) groups is 1. The van der Waals surface area contributed by atoms with E-state index in [4.69, 9.17) is 10.5 Å². The number of nitrogens with zero attached hydrogens (tertiary/aromatic N) is 1. The number of hydrogen-bond donors (Lipinski definition) is 3. The molecule has 8 heteroatoms. The van der Waals surface area contributed by atoms with Gasteiger partial charge in [-0.25, -0.2) is 18.1 Å². The summed E-state index contributed by atoms with van der Waals surface area (Å²) in [6.45, 7) is 3.85. The van der Waals surface area contributed by atoms with Crippen LogP contribution in [0.3, 0.4) is 0 Å². The molecule has 0 fully saturated rings. The van der Waals surface area contributed by atoms with Crippen molar-refractivity contribution in [3.63, 3.8) is 0 Å². The average molecular weight is 371 g/mol. The second-order valence-corrected chi connectivity index (χ2v) is 7.49. The van der Waals surface area contributed by atoms with E-state index in [2.05, 4.69) is 22.0 Å². The average Bonchev–Trinajstić information content (AvgIpc) is 2.60. The number of nitrogens with one attached hydrogen (secondary N) is 2. The molecule has 1 aromatic carbocycles. The van der Waals surface area contributed by atoms with Gasteiger partial charge in [-0.2, -0.15) is 0 Å². The van der Waals surface area contributed by atoms with Gasteiger partial charge in [0.1, 0.15) is 0 Å². The van der Waals surface area contributed by atoms with Crippen LogP contribution in [-0.4, -0.2) is 41.2 Å². The molecule has 1 aromatic rings. The number of methoxy groups -OCH3 is 1. The van der Waals surface area contributed by atoms with Gasteiger partial charge in [0.25, 0.3) is 0 Å². The van der Waals surface area contributed by atoms with E-state index >= 15 is 0 Å². The molecular weight excluding hydrogens is 340 g/mol. The molecular formula is C17H30N4O3S. The Hall–Kier alpha value is -1.64. The van der Waals surface area contributed by atoms with E-state index in [9.17, 15) is 8.42 Å². The monoisotopic (exact) mass is 370 g/mol. The molecule has 0 aliphatic rings. The molecule has 1 rings (SSSR count). The molecule has 0 bridgehead atoms. The zero-order valence-electron chi connectivity index (χ0n) is 15.1. The maximum absolute atomic E-state index is 12.2. The van der Waals surface area contributed by atoms with Crippen molar-refractivity contribution >= 4 is 16.0 Å². The quantitative estimate of drug-likeness (QED) is 0.294. The third-order valence-corrected chi connectivity index (χ3v) is 5.03. The minimum absolute atomic E-state index is 0.211. The van der Waals surface area contributed by atoms with Crippen LogP contribution in [0.1, 0.15) is 38.2 Å². The summed E-state index contributed by atoms with van der Waals surface area (Å²) in [4.78, 5) is 4.47. The van der Waals surface area contributed by atoms with Gasteiger partial charge in [-0.15, -0.1) is 0 Å². The summed E-state index contributed by atoms with van der Waals surface area (Å²) in [6, 6.07) is 6.68. The Bertz CT molecular complexity index is 633. The summed E-state index contributed by atoms with van der Waals surface area (Å²) in [7, 11) is -2.02. The third-order valence-electron chi connectivity index (χ3n) is 3.58. The molecule has 0 unspecified atom stereocenters. The van der Waals surface area contributed by atoms with Crippen molar-refractivity contribution < 1.29 is 13.2 Å². The molecule has 7 nitrogen and oxygen atoms in total. The van der Waals surface area contributed by atoms with Crippen molar-refractivity contribution in [2.45, 2.75) is 44.0 Å². The van der Waals surface area contributed by atoms with Gasteiger partial charge in [0, 0.05) is 20.2 Å². The fraction of sp³-hybridized carbons (Fsp3) is 0.588. The molecule has 0 heterocycles. The van der Waals surface area contributed by atoms with E-state index in [1.807, 2.05) is 6.07 Å². The van der Waals surface area contributed by atoms with Crippen LogP contribution < -0.4 is 15.8 Å². The zero-order chi connectivity index (χ0) is 18.5. The van der Waals surface area contributed by atoms with E-state index < -0.39 is 10.0 Å². The third kappa shape index (κ3) is 8.85. The number of unbranched alkanes of at least 4 members (excludes halogenated alkanes) is 3. The van der Waals surface area contributed by atoms with Crippen LogP contribution in [-0.2, 0) is 21.3 Å². The summed E-state index contributed by atoms with van der Waals surface area (Å²) in [5, 5.41) is 3.07. The van der Waals surface area contributed by atoms with Gasteiger partial charge >= 0.3 is 0 Å². The summed E-state index contributed by atoms with van der Waals surface area (Å²) in [6.07, 6.45) is 4.65. The van der Waals surface area contributed by atoms with Crippen molar-refractivity contribution in [3.05, 3.63) is 29.8 Å². The lowest BCUT2D eigenvalue weighted by molar-refractivity contribution is 0.204. The number of rotatable bonds is 12. The lowest BCUT2D eigenvalue weighted by Gasteiger charge is -2.08. The molecule has 0 atom stereocenters. The molecule has 25 heavy (non-hydrogen) atoms. The lowest BCUT2D eigenvalue weighted by Crippen LogP contribution is -2.32. The van der Waals surface area contributed by atoms with E-state index in [-0.39, 0.29) is 11.4 Å². The van der Waals surface area contributed by atoms with Crippen molar-refractivity contribution in [2.75, 3.05) is 26.8 Å². The van der Waals surface area contributed by atoms with Crippen LogP contribution in [0.2, 0.25) is 0 Å². The van der Waals surface area contributed by atoms with Crippen LogP contribution in [0.4, 0.5) is 0 Å². The first-order valence-electron chi connectivity index (χ1n) is 8.61. The standard InChI is InChI=1S/C17H30N4O3S/c1-3-4-5-6-10-19-17(18)20-14-15-8-7-9-16(13-15)25(22,23)21-11-12-24-2/h7-9,13,21H,3-6,10-12,14H2,1-2H3,(H3,18,19,20). The fourth-order valence-electron chi connectivity index (χ4n) is 2.17. The Labute approximate surface area is 151 Å². The number of nitrogens with two attached hydrogens (primary N) is 1. The Morgan fingerprint density at radius 1 is 1.24 bits per heavy atom. The minimum atomic E-state index is -3.54. The molecule has 0 aliphatic carbocycles. The predicted octanol–water partition coefficient (Wildman–Crippen LogP) is 1.60. The van der Waals surface area contributed by atoms with E-state index in [1.54, 1.807) is 18.2 Å². The van der Waals surface area contributed by atoms with E-state index in [0.717, 1.165) is 18.5 Å². The highest BCUT2D eigenvalue weighted by Gasteiger charge is 2.13. The molecule has 0 aliphatic heterocycles. The first-order valence-corrected chi connectivity index (χ1v) is 10.1. The van der Waals surface area contributed by atoms with Crippen LogP contribution in [0.5, 0.6) is 0 Å². The van der Waals surface area contributed by atoms with Crippen LogP contribution in [0.25, 0.3) is 0 Å². The number of benzene rings is 1. The van der Waals surface area contributed by atoms with Crippen molar-refractivity contribution in [1.29, 1.82) is 0 Å². The highest BCUT2D eigenvalue weighted by Crippen LogP contribution is 2.12. The molecule has 0 saturated carbocycles. The Morgan fingerprint density at radius 3 is 2.76 bits per heavy atom. The van der Waals surface area contributed by atoms with Gasteiger partial charge in [0.05, 0.1) is 18.0 Å². The van der Waals surface area contributed by atoms with E-state index in [1.165, 1.54) is 26.4 Å². The minimum Gasteiger partial charge on any atom is -0.383 e. The number of hydrogen-bond acceptors (Lipinski definition) is 4. The molecule has 0 aromatic heterocycles. The van der Waals surface area contributed by atoms with Crippen molar-refractivity contribution in [2.24, 2.45) is 10.7 Å². The predicted molar refractivity (Wildman–Crippen MR) is 101 cm³/mol. The highest BCUT2D eigenvalue weighted by atomic mass is 32.2. The topological polar surface area (TPSA) is 106 Å². The first-order chi connectivity index (χ1) is 12.0. The fourth-order valence-corrected chi connectivity index (χ4v) is 3.26. The Morgan fingerprint density at radius 2 is 2.04 bits per heavy atom. The molecule has 0 amide bonds. The normalized spacial score (nSPS) is 12.3. The van der Waals surface area contributed by atoms with Crippen LogP contribution >= 0.6 is 0 Å². The Kier molecular flexibility index (Phi) is 10.1. The smallest absolute Gasteiger partial charge is 0.240 e. The Balaban J connectivity index is 2.55. The number of guanidine groups is 1. The van der Waals surface area contributed by atoms with Gasteiger partial charge < -0.3 is 15.8 Å². The highest BCUT2D eigenvalue weighted by molar-refractivity contribution is 7.89. The largest absolute Gasteiger partial charge is 0.383 e. The van der Waals surface area contributed by atoms with Crippen molar-refractivity contribution in [3.8, 4) is 0 Å². The van der Waals surface area contributed by atoms with Gasteiger partial charge in [-0.3, -0.25) is 0 Å². The molecule has 142 valence electrons. The van der Waals surface area contributed by atoms with Gasteiger partial charge in [0.2, 0.25) is 10.0 Å². The second kappa shape index (κ2) is 11.8. The maximum Gasteiger partial charge on any atom is 0.240 e. The van der Waals surface area contributed by atoms with Gasteiger partial charge in [0.15, 0.2) is 5.96 Å².